The Labute approximate surface area is 147 Å². The summed E-state index contributed by atoms with van der Waals surface area (Å²) >= 11 is 0. The Bertz CT molecular complexity index is 684. The third-order valence-corrected chi connectivity index (χ3v) is 5.64. The van der Waals surface area contributed by atoms with Crippen molar-refractivity contribution in [1.82, 2.24) is 24.6 Å². The second-order valence-electron chi connectivity index (χ2n) is 7.36. The molecule has 0 aromatic carbocycles. The molecule has 25 heavy (non-hydrogen) atoms. The average molecular weight is 347 g/mol. The number of likely N-dealkylation sites (tertiary alicyclic amines) is 1. The lowest BCUT2D eigenvalue weighted by Crippen LogP contribution is -2.43. The molecule has 8 nitrogen and oxygen atoms in total. The van der Waals surface area contributed by atoms with Crippen LogP contribution in [0.5, 0.6) is 0 Å². The smallest absolute Gasteiger partial charge is 0.323 e. The van der Waals surface area contributed by atoms with Crippen LogP contribution in [0.1, 0.15) is 50.2 Å². The standard InChI is InChI=1S/C17H25N5O3/c1-11(23)22(10-15-18-19-16(20(15)2)12-3-4-12)13-5-7-21(9-13)14-6-8-25-17(14)24/h12-14H,3-10H2,1-2H3. The lowest BCUT2D eigenvalue weighted by Gasteiger charge is -2.28. The number of ether oxygens (including phenoxy) is 1. The van der Waals surface area contributed by atoms with Gasteiger partial charge in [-0.15, -0.1) is 10.2 Å². The summed E-state index contributed by atoms with van der Waals surface area (Å²) in [6.07, 6.45) is 3.98. The molecule has 0 radical (unpaired) electrons. The number of carbonyl (C=O) groups excluding carboxylic acids is 2. The van der Waals surface area contributed by atoms with Crippen molar-refractivity contribution < 1.29 is 14.3 Å². The molecule has 4 rings (SSSR count). The average Bonchev–Trinajstić information content (AvgIpc) is 2.98. The number of amides is 1. The van der Waals surface area contributed by atoms with E-state index in [1.165, 1.54) is 12.8 Å². The molecule has 2 aliphatic heterocycles. The second-order valence-corrected chi connectivity index (χ2v) is 7.36. The third kappa shape index (κ3) is 3.15. The quantitative estimate of drug-likeness (QED) is 0.719. The van der Waals surface area contributed by atoms with Crippen LogP contribution in [0.25, 0.3) is 0 Å². The molecular formula is C17H25N5O3. The summed E-state index contributed by atoms with van der Waals surface area (Å²) in [5.74, 6) is 2.30. The topological polar surface area (TPSA) is 80.6 Å². The minimum absolute atomic E-state index is 0.0387. The van der Waals surface area contributed by atoms with E-state index in [2.05, 4.69) is 15.1 Å². The summed E-state index contributed by atoms with van der Waals surface area (Å²) in [4.78, 5) is 28.1. The molecule has 8 heteroatoms. The van der Waals surface area contributed by atoms with Crippen LogP contribution in [0.2, 0.25) is 0 Å². The van der Waals surface area contributed by atoms with Crippen LogP contribution in [0.15, 0.2) is 0 Å². The van der Waals surface area contributed by atoms with E-state index in [0.29, 0.717) is 25.6 Å². The number of hydrogen-bond donors (Lipinski definition) is 0. The fourth-order valence-electron chi connectivity index (χ4n) is 3.98. The van der Waals surface area contributed by atoms with Crippen molar-refractivity contribution >= 4 is 11.9 Å². The fourth-order valence-corrected chi connectivity index (χ4v) is 3.98. The Morgan fingerprint density at radius 1 is 1.28 bits per heavy atom. The van der Waals surface area contributed by atoms with Crippen molar-refractivity contribution in [2.45, 2.75) is 57.2 Å². The number of hydrogen-bond acceptors (Lipinski definition) is 6. The first-order valence-electron chi connectivity index (χ1n) is 9.10. The van der Waals surface area contributed by atoms with Crippen molar-refractivity contribution in [2.75, 3.05) is 19.7 Å². The van der Waals surface area contributed by atoms with Crippen LogP contribution in [-0.4, -0.2) is 68.2 Å². The molecular weight excluding hydrogens is 322 g/mol. The summed E-state index contributed by atoms with van der Waals surface area (Å²) in [7, 11) is 1.98. The van der Waals surface area contributed by atoms with Crippen LogP contribution < -0.4 is 0 Å². The van der Waals surface area contributed by atoms with Gasteiger partial charge in [-0.2, -0.15) is 0 Å². The molecule has 2 atom stereocenters. The van der Waals surface area contributed by atoms with Crippen molar-refractivity contribution in [3.63, 3.8) is 0 Å². The van der Waals surface area contributed by atoms with Gasteiger partial charge in [0.25, 0.3) is 0 Å². The van der Waals surface area contributed by atoms with Crippen molar-refractivity contribution in [1.29, 1.82) is 0 Å². The molecule has 3 aliphatic rings. The van der Waals surface area contributed by atoms with Gasteiger partial charge in [0.15, 0.2) is 5.82 Å². The van der Waals surface area contributed by atoms with E-state index in [-0.39, 0.29) is 24.0 Å². The van der Waals surface area contributed by atoms with Gasteiger partial charge < -0.3 is 14.2 Å². The zero-order chi connectivity index (χ0) is 17.6. The Morgan fingerprint density at radius 2 is 2.08 bits per heavy atom. The maximum Gasteiger partial charge on any atom is 0.323 e. The second kappa shape index (κ2) is 6.40. The van der Waals surface area contributed by atoms with Crippen LogP contribution in [0.3, 0.4) is 0 Å². The Balaban J connectivity index is 1.45. The molecule has 3 fully saturated rings. The van der Waals surface area contributed by atoms with Crippen molar-refractivity contribution in [3.8, 4) is 0 Å². The number of cyclic esters (lactones) is 1. The van der Waals surface area contributed by atoms with E-state index in [1.54, 1.807) is 6.92 Å². The molecule has 0 spiro atoms. The minimum Gasteiger partial charge on any atom is -0.464 e. The molecule has 0 N–H and O–H groups in total. The highest BCUT2D eigenvalue weighted by atomic mass is 16.5. The van der Waals surface area contributed by atoms with E-state index in [4.69, 9.17) is 4.74 Å². The summed E-state index contributed by atoms with van der Waals surface area (Å²) in [5.41, 5.74) is 0. The van der Waals surface area contributed by atoms with Crippen molar-refractivity contribution in [2.24, 2.45) is 7.05 Å². The van der Waals surface area contributed by atoms with Crippen LogP contribution in [0, 0.1) is 0 Å². The molecule has 2 unspecified atom stereocenters. The van der Waals surface area contributed by atoms with Gasteiger partial charge in [0.1, 0.15) is 11.9 Å². The van der Waals surface area contributed by atoms with Crippen LogP contribution >= 0.6 is 0 Å². The molecule has 136 valence electrons. The summed E-state index contributed by atoms with van der Waals surface area (Å²) < 4.78 is 7.12. The zero-order valence-electron chi connectivity index (χ0n) is 14.8. The first-order chi connectivity index (χ1) is 12.0. The zero-order valence-corrected chi connectivity index (χ0v) is 14.8. The van der Waals surface area contributed by atoms with E-state index < -0.39 is 0 Å². The lowest BCUT2D eigenvalue weighted by molar-refractivity contribution is -0.142. The summed E-state index contributed by atoms with van der Waals surface area (Å²) in [6, 6.07) is -0.0397. The highest BCUT2D eigenvalue weighted by Crippen LogP contribution is 2.38. The first kappa shape index (κ1) is 16.5. The van der Waals surface area contributed by atoms with Crippen molar-refractivity contribution in [3.05, 3.63) is 11.6 Å². The van der Waals surface area contributed by atoms with E-state index in [0.717, 1.165) is 31.0 Å². The summed E-state index contributed by atoms with van der Waals surface area (Å²) in [5, 5.41) is 8.62. The molecule has 1 amide bonds. The largest absolute Gasteiger partial charge is 0.464 e. The molecule has 3 heterocycles. The fraction of sp³-hybridized carbons (Fsp3) is 0.765. The maximum absolute atomic E-state index is 12.3. The molecule has 2 saturated heterocycles. The number of rotatable bonds is 5. The first-order valence-corrected chi connectivity index (χ1v) is 9.10. The van der Waals surface area contributed by atoms with Gasteiger partial charge in [-0.25, -0.2) is 0 Å². The van der Waals surface area contributed by atoms with Crippen LogP contribution in [0.4, 0.5) is 0 Å². The molecule has 0 bridgehead atoms. The molecule has 1 aliphatic carbocycles. The Kier molecular flexibility index (Phi) is 4.23. The highest BCUT2D eigenvalue weighted by Gasteiger charge is 2.39. The van der Waals surface area contributed by atoms with Crippen LogP contribution in [-0.2, 0) is 27.9 Å². The van der Waals surface area contributed by atoms with E-state index in [9.17, 15) is 9.59 Å². The minimum atomic E-state index is -0.143. The number of nitrogens with zero attached hydrogens (tertiary/aromatic N) is 5. The van der Waals surface area contributed by atoms with E-state index in [1.807, 2.05) is 16.5 Å². The van der Waals surface area contributed by atoms with Gasteiger partial charge in [-0.3, -0.25) is 14.5 Å². The van der Waals surface area contributed by atoms with E-state index >= 15 is 0 Å². The SMILES string of the molecule is CC(=O)N(Cc1nnc(C2CC2)n1C)C1CCN(C2CCOC2=O)C1. The van der Waals surface area contributed by atoms with Gasteiger partial charge >= 0.3 is 5.97 Å². The van der Waals surface area contributed by atoms with Gasteiger partial charge in [0.2, 0.25) is 5.91 Å². The third-order valence-electron chi connectivity index (χ3n) is 5.64. The number of aromatic nitrogens is 3. The van der Waals surface area contributed by atoms with Gasteiger partial charge in [-0.05, 0) is 19.3 Å². The predicted molar refractivity (Wildman–Crippen MR) is 88.5 cm³/mol. The van der Waals surface area contributed by atoms with Gasteiger partial charge in [0, 0.05) is 45.4 Å². The molecule has 1 aromatic rings. The maximum atomic E-state index is 12.3. The molecule has 1 saturated carbocycles. The number of esters is 1. The van der Waals surface area contributed by atoms with Gasteiger partial charge in [0.05, 0.1) is 13.2 Å². The monoisotopic (exact) mass is 347 g/mol. The lowest BCUT2D eigenvalue weighted by atomic mass is 10.2. The number of carbonyl (C=O) groups is 2. The normalized spacial score (nSPS) is 26.9. The predicted octanol–water partition coefficient (Wildman–Crippen LogP) is 0.431. The summed E-state index contributed by atoms with van der Waals surface area (Å²) in [6.45, 7) is 4.11. The molecule has 1 aromatic heterocycles. The highest BCUT2D eigenvalue weighted by molar-refractivity contribution is 5.77. The Morgan fingerprint density at radius 3 is 2.72 bits per heavy atom. The van der Waals surface area contributed by atoms with Gasteiger partial charge in [-0.1, -0.05) is 0 Å². The Hall–Kier alpha value is -1.96.